The summed E-state index contributed by atoms with van der Waals surface area (Å²) in [5, 5.41) is 5.36. The molecule has 0 aromatic heterocycles. The molecule has 29 heavy (non-hydrogen) atoms. The van der Waals surface area contributed by atoms with Crippen molar-refractivity contribution in [2.45, 2.75) is 6.61 Å². The lowest BCUT2D eigenvalue weighted by molar-refractivity contribution is -0.900. The summed E-state index contributed by atoms with van der Waals surface area (Å²) in [6.45, 7) is 3.66. The molecule has 3 rings (SSSR count). The molecule has 1 saturated heterocycles. The first-order valence-corrected chi connectivity index (χ1v) is 10.2. The maximum Gasteiger partial charge on any atom is 0.295 e. The zero-order chi connectivity index (χ0) is 20.6. The second-order valence-corrected chi connectivity index (χ2v) is 7.81. The third-order valence-corrected chi connectivity index (χ3v) is 5.14. The van der Waals surface area contributed by atoms with E-state index in [-0.39, 0.29) is 5.91 Å². The molecule has 1 fully saturated rings. The van der Waals surface area contributed by atoms with Crippen molar-refractivity contribution in [2.75, 3.05) is 32.8 Å². The first kappa shape index (κ1) is 21.9. The van der Waals surface area contributed by atoms with Gasteiger partial charge in [0.2, 0.25) is 0 Å². The summed E-state index contributed by atoms with van der Waals surface area (Å²) in [6.07, 6.45) is 1.49. The number of morpholine rings is 1. The van der Waals surface area contributed by atoms with E-state index in [1.54, 1.807) is 24.3 Å². The van der Waals surface area contributed by atoms with Crippen LogP contribution in [0, 0.1) is 0 Å². The molecule has 1 aliphatic rings. The molecule has 0 bridgehead atoms. The minimum Gasteiger partial charge on any atom is -0.486 e. The van der Waals surface area contributed by atoms with Crippen molar-refractivity contribution in [3.05, 3.63) is 62.6 Å². The topological polar surface area (TPSA) is 64.4 Å². The van der Waals surface area contributed by atoms with Gasteiger partial charge in [-0.05, 0) is 35.4 Å². The number of hydrazone groups is 1. The van der Waals surface area contributed by atoms with Gasteiger partial charge >= 0.3 is 0 Å². The van der Waals surface area contributed by atoms with Crippen LogP contribution in [0.3, 0.4) is 0 Å². The van der Waals surface area contributed by atoms with Crippen molar-refractivity contribution in [3.8, 4) is 5.75 Å². The van der Waals surface area contributed by atoms with Crippen LogP contribution in [-0.4, -0.2) is 45.0 Å². The van der Waals surface area contributed by atoms with Gasteiger partial charge in [-0.15, -0.1) is 0 Å². The van der Waals surface area contributed by atoms with Gasteiger partial charge < -0.3 is 14.4 Å². The fourth-order valence-electron chi connectivity index (χ4n) is 2.81. The van der Waals surface area contributed by atoms with E-state index in [4.69, 9.17) is 44.3 Å². The van der Waals surface area contributed by atoms with Gasteiger partial charge in [0, 0.05) is 5.02 Å². The number of carbonyl (C=O) groups excluding carboxylic acids is 1. The third-order valence-electron chi connectivity index (χ3n) is 4.33. The molecule has 0 spiro atoms. The second kappa shape index (κ2) is 10.8. The highest BCUT2D eigenvalue weighted by Crippen LogP contribution is 2.34. The molecular formula is C20H21Cl3N3O3+. The fraction of sp³-hybridized carbons (Fsp3) is 0.300. The van der Waals surface area contributed by atoms with E-state index in [0.717, 1.165) is 18.7 Å². The summed E-state index contributed by atoms with van der Waals surface area (Å²) >= 11 is 18.5. The van der Waals surface area contributed by atoms with Gasteiger partial charge in [-0.2, -0.15) is 5.10 Å². The molecule has 1 aliphatic heterocycles. The van der Waals surface area contributed by atoms with Crippen molar-refractivity contribution in [1.29, 1.82) is 0 Å². The summed E-state index contributed by atoms with van der Waals surface area (Å²) in [6, 6.07) is 10.7. The number of nitrogens with zero attached hydrogens (tertiary/aromatic N) is 1. The number of hydrogen-bond donors (Lipinski definition) is 2. The normalized spacial score (nSPS) is 14.9. The molecule has 2 N–H and O–H groups in total. The van der Waals surface area contributed by atoms with E-state index in [2.05, 4.69) is 10.5 Å². The maximum atomic E-state index is 12.0. The first-order chi connectivity index (χ1) is 14.0. The maximum absolute atomic E-state index is 12.0. The molecule has 154 valence electrons. The molecule has 0 unspecified atom stereocenters. The molecule has 0 atom stereocenters. The first-order valence-electron chi connectivity index (χ1n) is 9.11. The van der Waals surface area contributed by atoms with Crippen LogP contribution in [0.1, 0.15) is 11.1 Å². The molecular weight excluding hydrogens is 437 g/mol. The minimum absolute atomic E-state index is 0.154. The average molecular weight is 458 g/mol. The smallest absolute Gasteiger partial charge is 0.295 e. The number of hydrogen-bond acceptors (Lipinski definition) is 4. The standard InChI is InChI=1S/C20H20Cl3N3O3/c21-16-3-1-14(2-4-16)13-29-20-17(22)9-15(10-18(20)23)11-24-25-19(27)12-26-5-7-28-8-6-26/h1-4,9-11H,5-8,12-13H2,(H,25,27)/p+1/b24-11-. The Morgan fingerprint density at radius 2 is 1.79 bits per heavy atom. The molecule has 1 heterocycles. The lowest BCUT2D eigenvalue weighted by Gasteiger charge is -2.22. The van der Waals surface area contributed by atoms with E-state index in [9.17, 15) is 4.79 Å². The lowest BCUT2D eigenvalue weighted by atomic mass is 10.2. The van der Waals surface area contributed by atoms with Crippen LogP contribution in [0.25, 0.3) is 0 Å². The van der Waals surface area contributed by atoms with Gasteiger partial charge in [0.25, 0.3) is 5.91 Å². The van der Waals surface area contributed by atoms with E-state index < -0.39 is 0 Å². The van der Waals surface area contributed by atoms with Crippen LogP contribution in [0.5, 0.6) is 5.75 Å². The van der Waals surface area contributed by atoms with Crippen molar-refractivity contribution in [2.24, 2.45) is 5.10 Å². The molecule has 2 aromatic rings. The lowest BCUT2D eigenvalue weighted by Crippen LogP contribution is -3.15. The predicted octanol–water partition coefficient (Wildman–Crippen LogP) is 2.59. The Morgan fingerprint density at radius 1 is 1.14 bits per heavy atom. The number of quaternary nitrogens is 1. The summed E-state index contributed by atoms with van der Waals surface area (Å²) < 4.78 is 11.0. The van der Waals surface area contributed by atoms with Gasteiger partial charge in [-0.25, -0.2) is 5.43 Å². The predicted molar refractivity (Wildman–Crippen MR) is 114 cm³/mol. The quantitative estimate of drug-likeness (QED) is 0.496. The number of halogens is 3. The van der Waals surface area contributed by atoms with E-state index in [1.807, 2.05) is 12.1 Å². The summed E-state index contributed by atoms with van der Waals surface area (Å²) in [5.41, 5.74) is 4.12. The number of benzene rings is 2. The van der Waals surface area contributed by atoms with E-state index in [1.165, 1.54) is 11.1 Å². The zero-order valence-electron chi connectivity index (χ0n) is 15.6. The number of amides is 1. The number of rotatable bonds is 7. The third kappa shape index (κ3) is 6.87. The highest BCUT2D eigenvalue weighted by atomic mass is 35.5. The van der Waals surface area contributed by atoms with Crippen LogP contribution in [-0.2, 0) is 16.1 Å². The van der Waals surface area contributed by atoms with Gasteiger partial charge in [0.1, 0.15) is 19.7 Å². The van der Waals surface area contributed by atoms with Gasteiger partial charge in [-0.1, -0.05) is 46.9 Å². The SMILES string of the molecule is O=C(C[NH+]1CCOCC1)N/N=C\c1cc(Cl)c(OCc2ccc(Cl)cc2)c(Cl)c1. The Hall–Kier alpha value is -1.83. The number of carbonyl (C=O) groups is 1. The van der Waals surface area contributed by atoms with Gasteiger partial charge in [0.05, 0.1) is 29.5 Å². The van der Waals surface area contributed by atoms with Crippen LogP contribution in [0.4, 0.5) is 0 Å². The molecule has 6 nitrogen and oxygen atoms in total. The highest BCUT2D eigenvalue weighted by molar-refractivity contribution is 6.37. The van der Waals surface area contributed by atoms with Gasteiger partial charge in [0.15, 0.2) is 12.3 Å². The van der Waals surface area contributed by atoms with Crippen molar-refractivity contribution < 1.29 is 19.2 Å². The van der Waals surface area contributed by atoms with E-state index in [0.29, 0.717) is 52.7 Å². The summed E-state index contributed by atoms with van der Waals surface area (Å²) in [5.74, 6) is 0.235. The molecule has 1 amide bonds. The van der Waals surface area contributed by atoms with Crippen LogP contribution in [0.15, 0.2) is 41.5 Å². The molecule has 0 aliphatic carbocycles. The van der Waals surface area contributed by atoms with E-state index >= 15 is 0 Å². The molecule has 0 saturated carbocycles. The van der Waals surface area contributed by atoms with Crippen molar-refractivity contribution >= 4 is 46.9 Å². The largest absolute Gasteiger partial charge is 0.486 e. The number of nitrogens with one attached hydrogen (secondary N) is 2. The Morgan fingerprint density at radius 3 is 2.45 bits per heavy atom. The molecule has 9 heteroatoms. The Labute approximate surface area is 184 Å². The van der Waals surface area contributed by atoms with Crippen LogP contribution in [0.2, 0.25) is 15.1 Å². The van der Waals surface area contributed by atoms with Crippen LogP contribution >= 0.6 is 34.8 Å². The Bertz CT molecular complexity index is 846. The average Bonchev–Trinajstić information content (AvgIpc) is 2.69. The monoisotopic (exact) mass is 456 g/mol. The zero-order valence-corrected chi connectivity index (χ0v) is 17.9. The summed E-state index contributed by atoms with van der Waals surface area (Å²) in [7, 11) is 0. The minimum atomic E-state index is -0.154. The van der Waals surface area contributed by atoms with Crippen molar-refractivity contribution in [1.82, 2.24) is 5.43 Å². The fourth-order valence-corrected chi connectivity index (χ4v) is 3.55. The molecule has 2 aromatic carbocycles. The molecule has 0 radical (unpaired) electrons. The summed E-state index contributed by atoms with van der Waals surface area (Å²) in [4.78, 5) is 13.1. The number of ether oxygens (including phenoxy) is 2. The van der Waals surface area contributed by atoms with Gasteiger partial charge in [-0.3, -0.25) is 4.79 Å². The highest BCUT2D eigenvalue weighted by Gasteiger charge is 2.17. The van der Waals surface area contributed by atoms with Crippen LogP contribution < -0.4 is 15.1 Å². The Balaban J connectivity index is 1.54. The second-order valence-electron chi connectivity index (χ2n) is 6.56. The Kier molecular flexibility index (Phi) is 8.15. The van der Waals surface area contributed by atoms with Crippen molar-refractivity contribution in [3.63, 3.8) is 0 Å².